The molecule has 0 radical (unpaired) electrons. The van der Waals surface area contributed by atoms with Gasteiger partial charge in [0.05, 0.1) is 19.8 Å². The van der Waals surface area contributed by atoms with Crippen molar-refractivity contribution >= 4 is 5.97 Å². The van der Waals surface area contributed by atoms with Gasteiger partial charge in [0.2, 0.25) is 0 Å². The van der Waals surface area contributed by atoms with Gasteiger partial charge in [-0.05, 0) is 19.8 Å². The topological polar surface area (TPSA) is 55.8 Å². The van der Waals surface area contributed by atoms with E-state index < -0.39 is 11.0 Å². The molecule has 1 aliphatic heterocycles. The molecule has 1 saturated heterocycles. The molecule has 0 aromatic rings. The molecule has 17 heavy (non-hydrogen) atoms. The smallest absolute Gasteiger partial charge is 0.315 e. The molecule has 98 valence electrons. The number of hydrogen-bond donors (Lipinski definition) is 1. The van der Waals surface area contributed by atoms with Crippen molar-refractivity contribution in [3.63, 3.8) is 0 Å². The number of esters is 1. The van der Waals surface area contributed by atoms with E-state index >= 15 is 0 Å². The van der Waals surface area contributed by atoms with Crippen LogP contribution in [0.2, 0.25) is 0 Å². The fourth-order valence-electron chi connectivity index (χ4n) is 3.03. The third kappa shape index (κ3) is 2.08. The molecule has 4 nitrogen and oxygen atoms in total. The molecule has 0 atom stereocenters. The maximum absolute atomic E-state index is 12.3. The fourth-order valence-corrected chi connectivity index (χ4v) is 3.03. The lowest BCUT2D eigenvalue weighted by atomic mass is 9.65. The van der Waals surface area contributed by atoms with E-state index in [1.54, 1.807) is 0 Å². The molecule has 0 amide bonds. The van der Waals surface area contributed by atoms with Crippen LogP contribution in [0, 0.1) is 5.41 Å². The van der Waals surface area contributed by atoms with Crippen LogP contribution in [0.5, 0.6) is 0 Å². The third-order valence-electron chi connectivity index (χ3n) is 4.20. The molecule has 0 bridgehead atoms. The normalized spacial score (nSPS) is 26.7. The van der Waals surface area contributed by atoms with Gasteiger partial charge in [-0.25, -0.2) is 0 Å². The lowest BCUT2D eigenvalue weighted by Crippen LogP contribution is -2.65. The molecule has 0 unspecified atom stereocenters. The van der Waals surface area contributed by atoms with Gasteiger partial charge in [0, 0.05) is 0 Å². The second-order valence-electron chi connectivity index (χ2n) is 5.24. The van der Waals surface area contributed by atoms with Crippen molar-refractivity contribution in [3.05, 3.63) is 0 Å². The molecule has 1 saturated carbocycles. The molecule has 2 rings (SSSR count). The minimum Gasteiger partial charge on any atom is -0.465 e. The molecule has 1 aliphatic carbocycles. The molecule has 0 spiro atoms. The summed E-state index contributed by atoms with van der Waals surface area (Å²) in [7, 11) is 0. The zero-order chi connectivity index (χ0) is 12.4. The Bertz CT molecular complexity index is 275. The van der Waals surface area contributed by atoms with Gasteiger partial charge in [0.25, 0.3) is 0 Å². The highest BCUT2D eigenvalue weighted by Crippen LogP contribution is 2.48. The fraction of sp³-hybridized carbons (Fsp3) is 0.923. The average Bonchev–Trinajstić information content (AvgIpc) is 2.52. The Balaban J connectivity index is 2.23. The van der Waals surface area contributed by atoms with Gasteiger partial charge in [-0.3, -0.25) is 4.79 Å². The van der Waals surface area contributed by atoms with E-state index in [9.17, 15) is 9.90 Å². The van der Waals surface area contributed by atoms with Crippen LogP contribution < -0.4 is 0 Å². The van der Waals surface area contributed by atoms with Crippen LogP contribution in [0.4, 0.5) is 0 Å². The molecule has 4 heteroatoms. The molecule has 1 N–H and O–H groups in total. The van der Waals surface area contributed by atoms with Crippen LogP contribution in [0.3, 0.4) is 0 Å². The number of rotatable bonds is 3. The van der Waals surface area contributed by atoms with Gasteiger partial charge in [-0.15, -0.1) is 0 Å². The summed E-state index contributed by atoms with van der Waals surface area (Å²) in [6, 6.07) is 0. The maximum Gasteiger partial charge on any atom is 0.315 e. The number of aliphatic hydroxyl groups is 1. The van der Waals surface area contributed by atoms with Crippen LogP contribution in [0.15, 0.2) is 0 Å². The maximum atomic E-state index is 12.3. The van der Waals surface area contributed by atoms with Gasteiger partial charge in [0.15, 0.2) is 0 Å². The predicted molar refractivity (Wildman–Crippen MR) is 62.5 cm³/mol. The van der Waals surface area contributed by atoms with Crippen molar-refractivity contribution in [2.45, 2.75) is 51.0 Å². The van der Waals surface area contributed by atoms with E-state index in [4.69, 9.17) is 9.47 Å². The van der Waals surface area contributed by atoms with E-state index in [2.05, 4.69) is 0 Å². The van der Waals surface area contributed by atoms with Gasteiger partial charge >= 0.3 is 5.97 Å². The molecule has 2 fully saturated rings. The SMILES string of the molecule is CCOC(=O)C1(C2(O)COC2)CCCCCC1. The first-order valence-corrected chi connectivity index (χ1v) is 6.62. The first kappa shape index (κ1) is 12.8. The molecule has 2 aliphatic rings. The van der Waals surface area contributed by atoms with Crippen molar-refractivity contribution in [1.82, 2.24) is 0 Å². The van der Waals surface area contributed by atoms with Crippen LogP contribution in [0.1, 0.15) is 45.4 Å². The highest BCUT2D eigenvalue weighted by atomic mass is 16.6. The first-order valence-electron chi connectivity index (χ1n) is 6.62. The lowest BCUT2D eigenvalue weighted by molar-refractivity contribution is -0.249. The summed E-state index contributed by atoms with van der Waals surface area (Å²) in [6.45, 7) is 2.72. The summed E-state index contributed by atoms with van der Waals surface area (Å²) in [5, 5.41) is 10.6. The second kappa shape index (κ2) is 4.94. The molecular formula is C13H22O4. The standard InChI is InChI=1S/C13H22O4/c1-2-17-11(14)12(13(15)9-16-10-13)7-5-3-4-6-8-12/h15H,2-10H2,1H3. The second-order valence-corrected chi connectivity index (χ2v) is 5.24. The number of hydrogen-bond acceptors (Lipinski definition) is 4. The average molecular weight is 242 g/mol. The number of ether oxygens (including phenoxy) is 2. The van der Waals surface area contributed by atoms with Crippen molar-refractivity contribution in [2.24, 2.45) is 5.41 Å². The van der Waals surface area contributed by atoms with Gasteiger partial charge in [0.1, 0.15) is 11.0 Å². The highest BCUT2D eigenvalue weighted by molar-refractivity contribution is 5.79. The minimum atomic E-state index is -0.996. The Kier molecular flexibility index (Phi) is 3.73. The molecule has 1 heterocycles. The van der Waals surface area contributed by atoms with Gasteiger partial charge in [-0.2, -0.15) is 0 Å². The molecular weight excluding hydrogens is 220 g/mol. The quantitative estimate of drug-likeness (QED) is 0.604. The zero-order valence-corrected chi connectivity index (χ0v) is 10.5. The Hall–Kier alpha value is -0.610. The summed E-state index contributed by atoms with van der Waals surface area (Å²) in [6.07, 6.45) is 5.70. The lowest BCUT2D eigenvalue weighted by Gasteiger charge is -2.49. The van der Waals surface area contributed by atoms with Crippen molar-refractivity contribution in [2.75, 3.05) is 19.8 Å². The van der Waals surface area contributed by atoms with E-state index in [0.717, 1.165) is 38.5 Å². The molecule has 0 aromatic heterocycles. The summed E-state index contributed by atoms with van der Waals surface area (Å²) >= 11 is 0. The Morgan fingerprint density at radius 2 is 1.82 bits per heavy atom. The van der Waals surface area contributed by atoms with E-state index in [0.29, 0.717) is 6.61 Å². The number of carbonyl (C=O) groups excluding carboxylic acids is 1. The van der Waals surface area contributed by atoms with Crippen molar-refractivity contribution in [3.8, 4) is 0 Å². The van der Waals surface area contributed by atoms with Crippen molar-refractivity contribution in [1.29, 1.82) is 0 Å². The van der Waals surface area contributed by atoms with E-state index in [1.807, 2.05) is 6.92 Å². The molecule has 0 aromatic carbocycles. The van der Waals surface area contributed by atoms with Gasteiger partial charge in [-0.1, -0.05) is 25.7 Å². The predicted octanol–water partition coefficient (Wildman–Crippen LogP) is 1.65. The summed E-state index contributed by atoms with van der Waals surface area (Å²) in [5.41, 5.74) is -1.72. The van der Waals surface area contributed by atoms with Crippen molar-refractivity contribution < 1.29 is 19.4 Å². The first-order chi connectivity index (χ1) is 8.15. The summed E-state index contributed by atoms with van der Waals surface area (Å²) in [4.78, 5) is 12.3. The summed E-state index contributed by atoms with van der Waals surface area (Å²) in [5.74, 6) is -0.229. The third-order valence-corrected chi connectivity index (χ3v) is 4.20. The van der Waals surface area contributed by atoms with Crippen LogP contribution in [0.25, 0.3) is 0 Å². The Morgan fingerprint density at radius 1 is 1.24 bits per heavy atom. The Labute approximate surface area is 102 Å². The summed E-state index contributed by atoms with van der Waals surface area (Å²) < 4.78 is 10.3. The van der Waals surface area contributed by atoms with Crippen LogP contribution in [-0.2, 0) is 14.3 Å². The van der Waals surface area contributed by atoms with E-state index in [1.165, 1.54) is 0 Å². The number of carbonyl (C=O) groups is 1. The van der Waals surface area contributed by atoms with E-state index in [-0.39, 0.29) is 19.2 Å². The zero-order valence-electron chi connectivity index (χ0n) is 10.5. The van der Waals surface area contributed by atoms with Gasteiger partial charge < -0.3 is 14.6 Å². The monoisotopic (exact) mass is 242 g/mol. The highest BCUT2D eigenvalue weighted by Gasteiger charge is 2.60. The largest absolute Gasteiger partial charge is 0.465 e. The van der Waals surface area contributed by atoms with Crippen LogP contribution in [-0.4, -0.2) is 36.5 Å². The minimum absolute atomic E-state index is 0.229. The Morgan fingerprint density at radius 3 is 2.24 bits per heavy atom. The van der Waals surface area contributed by atoms with Crippen LogP contribution >= 0.6 is 0 Å².